The summed E-state index contributed by atoms with van der Waals surface area (Å²) in [6, 6.07) is 19.5. The Morgan fingerprint density at radius 1 is 1.07 bits per heavy atom. The van der Waals surface area contributed by atoms with Crippen molar-refractivity contribution >= 4 is 21.2 Å². The smallest absolute Gasteiger partial charge is 0.215 e. The molecule has 0 radical (unpaired) electrons. The van der Waals surface area contributed by atoms with E-state index in [4.69, 9.17) is 4.74 Å². The lowest BCUT2D eigenvalue weighted by atomic mass is 9.94. The molecule has 1 aliphatic heterocycles. The quantitative estimate of drug-likeness (QED) is 0.534. The summed E-state index contributed by atoms with van der Waals surface area (Å²) < 4.78 is 31.9. The maximum Gasteiger partial charge on any atom is 0.215 e. The third kappa shape index (κ3) is 4.25. The molecule has 0 N–H and O–H groups in total. The van der Waals surface area contributed by atoms with Crippen LogP contribution in [0.1, 0.15) is 36.4 Å². The molecule has 152 valence electrons. The average Bonchev–Trinajstić information content (AvgIpc) is 3.31. The molecule has 2 aromatic carbocycles. The molecular formula is C23H25NO3S2. The summed E-state index contributed by atoms with van der Waals surface area (Å²) in [7, 11) is -1.87. The molecule has 0 aliphatic carbocycles. The third-order valence-corrected chi connectivity index (χ3v) is 8.64. The number of hydrogen-bond donors (Lipinski definition) is 0. The molecule has 1 aromatic heterocycles. The van der Waals surface area contributed by atoms with Crippen molar-refractivity contribution in [2.24, 2.45) is 0 Å². The van der Waals surface area contributed by atoms with Gasteiger partial charge in [-0.3, -0.25) is 4.90 Å². The molecule has 29 heavy (non-hydrogen) atoms. The van der Waals surface area contributed by atoms with E-state index in [0.717, 1.165) is 30.7 Å². The topological polar surface area (TPSA) is 46.6 Å². The molecule has 2 heterocycles. The summed E-state index contributed by atoms with van der Waals surface area (Å²) >= 11 is 1.24. The predicted molar refractivity (Wildman–Crippen MR) is 116 cm³/mol. The van der Waals surface area contributed by atoms with E-state index in [1.807, 2.05) is 6.07 Å². The first-order valence-corrected chi connectivity index (χ1v) is 12.2. The monoisotopic (exact) mass is 427 g/mol. The zero-order valence-corrected chi connectivity index (χ0v) is 18.1. The van der Waals surface area contributed by atoms with E-state index in [0.29, 0.717) is 21.7 Å². The Morgan fingerprint density at radius 3 is 2.62 bits per heavy atom. The minimum absolute atomic E-state index is 0.323. The summed E-state index contributed by atoms with van der Waals surface area (Å²) in [4.78, 5) is 2.77. The van der Waals surface area contributed by atoms with Crippen LogP contribution in [0.5, 0.6) is 5.75 Å². The van der Waals surface area contributed by atoms with Gasteiger partial charge in [0.2, 0.25) is 9.84 Å². The van der Waals surface area contributed by atoms with Crippen LogP contribution < -0.4 is 4.74 Å². The fourth-order valence-corrected chi connectivity index (χ4v) is 6.48. The van der Waals surface area contributed by atoms with Crippen molar-refractivity contribution in [2.75, 3.05) is 13.7 Å². The molecule has 0 spiro atoms. The molecule has 4 rings (SSSR count). The van der Waals surface area contributed by atoms with Gasteiger partial charge in [0.05, 0.1) is 12.0 Å². The molecule has 1 saturated heterocycles. The SMILES string of the molecule is COc1ccc(S(=O)(=O)c2cccs2)cc1CN1CCCC[C@H]1c1ccccc1. The maximum absolute atomic E-state index is 13.0. The van der Waals surface area contributed by atoms with Gasteiger partial charge in [-0.05, 0) is 54.6 Å². The number of hydrogen-bond acceptors (Lipinski definition) is 5. The highest BCUT2D eigenvalue weighted by molar-refractivity contribution is 7.93. The number of piperidine rings is 1. The third-order valence-electron chi connectivity index (χ3n) is 5.49. The molecule has 4 nitrogen and oxygen atoms in total. The zero-order chi connectivity index (χ0) is 20.3. The molecule has 1 aliphatic rings. The van der Waals surface area contributed by atoms with Crippen molar-refractivity contribution in [2.45, 2.75) is 41.0 Å². The van der Waals surface area contributed by atoms with Crippen molar-refractivity contribution in [3.05, 3.63) is 77.2 Å². The Hall–Kier alpha value is -2.15. The van der Waals surface area contributed by atoms with Crippen molar-refractivity contribution in [1.82, 2.24) is 4.90 Å². The molecule has 1 atom stereocenters. The standard InChI is InChI=1S/C23H25NO3S2/c1-27-22-13-12-20(29(25,26)23-11-7-15-28-23)16-19(22)17-24-14-6-5-10-21(24)18-8-3-2-4-9-18/h2-4,7-9,11-13,15-16,21H,5-6,10,14,17H2,1H3/t21-/m0/s1. The van der Waals surface area contributed by atoms with Crippen LogP contribution in [-0.4, -0.2) is 27.0 Å². The zero-order valence-electron chi connectivity index (χ0n) is 16.5. The largest absolute Gasteiger partial charge is 0.496 e. The van der Waals surface area contributed by atoms with Gasteiger partial charge in [-0.1, -0.05) is 42.8 Å². The molecule has 0 unspecified atom stereocenters. The number of nitrogens with zero attached hydrogens (tertiary/aromatic N) is 1. The number of methoxy groups -OCH3 is 1. The lowest BCUT2D eigenvalue weighted by Crippen LogP contribution is -2.33. The number of sulfone groups is 1. The number of benzene rings is 2. The molecule has 0 saturated carbocycles. The summed E-state index contributed by atoms with van der Waals surface area (Å²) in [6.07, 6.45) is 3.47. The fourth-order valence-electron chi connectivity index (χ4n) is 4.03. The second-order valence-corrected chi connectivity index (χ2v) is 10.4. The molecular weight excluding hydrogens is 402 g/mol. The predicted octanol–water partition coefficient (Wildman–Crippen LogP) is 5.32. The lowest BCUT2D eigenvalue weighted by molar-refractivity contribution is 0.139. The van der Waals surface area contributed by atoms with Gasteiger partial charge < -0.3 is 4.74 Å². The molecule has 3 aromatic rings. The Kier molecular flexibility index (Phi) is 6.04. The lowest BCUT2D eigenvalue weighted by Gasteiger charge is -2.36. The van der Waals surface area contributed by atoms with Crippen molar-refractivity contribution < 1.29 is 13.2 Å². The highest BCUT2D eigenvalue weighted by Crippen LogP contribution is 2.35. The van der Waals surface area contributed by atoms with Gasteiger partial charge in [0.15, 0.2) is 0 Å². The van der Waals surface area contributed by atoms with E-state index in [1.54, 1.807) is 42.8 Å². The Balaban J connectivity index is 1.67. The highest BCUT2D eigenvalue weighted by Gasteiger charge is 2.26. The van der Waals surface area contributed by atoms with Crippen molar-refractivity contribution in [1.29, 1.82) is 0 Å². The summed E-state index contributed by atoms with van der Waals surface area (Å²) in [5.41, 5.74) is 2.22. The van der Waals surface area contributed by atoms with Crippen LogP contribution in [0.3, 0.4) is 0 Å². The highest BCUT2D eigenvalue weighted by atomic mass is 32.2. The van der Waals surface area contributed by atoms with E-state index in [1.165, 1.54) is 23.3 Å². The fraction of sp³-hybridized carbons (Fsp3) is 0.304. The van der Waals surface area contributed by atoms with Gasteiger partial charge in [0, 0.05) is 18.2 Å². The van der Waals surface area contributed by atoms with E-state index in [9.17, 15) is 8.42 Å². The maximum atomic E-state index is 13.0. The van der Waals surface area contributed by atoms with Crippen LogP contribution in [-0.2, 0) is 16.4 Å². The van der Waals surface area contributed by atoms with Crippen LogP contribution in [0, 0.1) is 0 Å². The first kappa shape index (κ1) is 20.1. The first-order chi connectivity index (χ1) is 14.1. The molecule has 1 fully saturated rings. The van der Waals surface area contributed by atoms with Crippen molar-refractivity contribution in [3.8, 4) is 5.75 Å². The van der Waals surface area contributed by atoms with E-state index < -0.39 is 9.84 Å². The Morgan fingerprint density at radius 2 is 1.90 bits per heavy atom. The molecule has 0 amide bonds. The van der Waals surface area contributed by atoms with Crippen LogP contribution >= 0.6 is 11.3 Å². The van der Waals surface area contributed by atoms with E-state index >= 15 is 0 Å². The number of ether oxygens (including phenoxy) is 1. The van der Waals surface area contributed by atoms with Crippen LogP contribution in [0.4, 0.5) is 0 Å². The van der Waals surface area contributed by atoms with Crippen molar-refractivity contribution in [3.63, 3.8) is 0 Å². The van der Waals surface area contributed by atoms with Gasteiger partial charge in [0.25, 0.3) is 0 Å². The van der Waals surface area contributed by atoms with Crippen LogP contribution in [0.2, 0.25) is 0 Å². The molecule has 0 bridgehead atoms. The second-order valence-electron chi connectivity index (χ2n) is 7.30. The van der Waals surface area contributed by atoms with E-state index in [2.05, 4.69) is 29.2 Å². The van der Waals surface area contributed by atoms with Gasteiger partial charge >= 0.3 is 0 Å². The van der Waals surface area contributed by atoms with Crippen LogP contribution in [0.25, 0.3) is 0 Å². The normalized spacial score (nSPS) is 17.9. The second kappa shape index (κ2) is 8.69. The first-order valence-electron chi connectivity index (χ1n) is 9.84. The number of rotatable bonds is 6. The summed E-state index contributed by atoms with van der Waals surface area (Å²) in [5, 5.41) is 1.79. The number of likely N-dealkylation sites (tertiary alicyclic amines) is 1. The van der Waals surface area contributed by atoms with Gasteiger partial charge in [-0.25, -0.2) is 8.42 Å². The number of thiophene rings is 1. The van der Waals surface area contributed by atoms with Gasteiger partial charge in [0.1, 0.15) is 9.96 Å². The average molecular weight is 428 g/mol. The summed E-state index contributed by atoms with van der Waals surface area (Å²) in [5.74, 6) is 0.729. The Bertz CT molecular complexity index is 1050. The Labute approximate surface area is 176 Å². The summed E-state index contributed by atoms with van der Waals surface area (Å²) in [6.45, 7) is 1.65. The van der Waals surface area contributed by atoms with Gasteiger partial charge in [-0.2, -0.15) is 0 Å². The van der Waals surface area contributed by atoms with E-state index in [-0.39, 0.29) is 0 Å². The van der Waals surface area contributed by atoms with Gasteiger partial charge in [-0.15, -0.1) is 11.3 Å². The van der Waals surface area contributed by atoms with Crippen LogP contribution in [0.15, 0.2) is 75.1 Å². The molecule has 6 heteroatoms. The minimum Gasteiger partial charge on any atom is -0.496 e. The minimum atomic E-state index is -3.51.